The van der Waals surface area contributed by atoms with Crippen molar-refractivity contribution in [3.8, 4) is 0 Å². The Labute approximate surface area is 122 Å². The van der Waals surface area contributed by atoms with Crippen LogP contribution >= 0.6 is 0 Å². The first-order valence-electron chi connectivity index (χ1n) is 6.75. The first-order chi connectivity index (χ1) is 10.3. The number of hydrogen-bond donors (Lipinski definition) is 3. The van der Waals surface area contributed by atoms with Crippen LogP contribution in [0, 0.1) is 0 Å². The summed E-state index contributed by atoms with van der Waals surface area (Å²) in [7, 11) is 0. The normalized spacial score (nSPS) is 10.7. The predicted molar refractivity (Wildman–Crippen MR) is 81.6 cm³/mol. The molecule has 5 nitrogen and oxygen atoms in total. The van der Waals surface area contributed by atoms with Crippen molar-refractivity contribution in [3.63, 3.8) is 0 Å². The van der Waals surface area contributed by atoms with Crippen molar-refractivity contribution in [1.82, 2.24) is 15.3 Å². The van der Waals surface area contributed by atoms with Crippen LogP contribution in [0.15, 0.2) is 48.8 Å². The van der Waals surface area contributed by atoms with Gasteiger partial charge >= 0.3 is 0 Å². The molecule has 0 saturated heterocycles. The number of nitrogens with zero attached hydrogens (tertiary/aromatic N) is 1. The van der Waals surface area contributed by atoms with Gasteiger partial charge in [0.15, 0.2) is 0 Å². The molecule has 0 aliphatic rings. The molecule has 0 spiro atoms. The smallest absolute Gasteiger partial charge is 0.251 e. The van der Waals surface area contributed by atoms with Gasteiger partial charge in [0.05, 0.1) is 17.4 Å². The molecule has 0 aliphatic carbocycles. The molecule has 5 heteroatoms. The number of rotatable bonds is 4. The molecular formula is C16H16N4O. The van der Waals surface area contributed by atoms with Crippen molar-refractivity contribution < 1.29 is 4.79 Å². The summed E-state index contributed by atoms with van der Waals surface area (Å²) in [5.74, 6) is -0.102. The van der Waals surface area contributed by atoms with E-state index in [4.69, 9.17) is 5.73 Å². The van der Waals surface area contributed by atoms with E-state index in [9.17, 15) is 4.79 Å². The number of aromatic amines is 1. The van der Waals surface area contributed by atoms with E-state index in [1.807, 2.05) is 30.3 Å². The topological polar surface area (TPSA) is 83.8 Å². The van der Waals surface area contributed by atoms with Crippen molar-refractivity contribution >= 4 is 16.9 Å². The van der Waals surface area contributed by atoms with Gasteiger partial charge in [-0.15, -0.1) is 0 Å². The Morgan fingerprint density at radius 3 is 2.67 bits per heavy atom. The Kier molecular flexibility index (Phi) is 3.66. The highest BCUT2D eigenvalue weighted by Crippen LogP contribution is 2.12. The Bertz CT molecular complexity index is 761. The third-order valence-electron chi connectivity index (χ3n) is 3.39. The second-order valence-corrected chi connectivity index (χ2v) is 4.84. The molecule has 0 aliphatic heterocycles. The van der Waals surface area contributed by atoms with Crippen LogP contribution in [0.5, 0.6) is 0 Å². The summed E-state index contributed by atoms with van der Waals surface area (Å²) in [5.41, 5.74) is 10.0. The van der Waals surface area contributed by atoms with Gasteiger partial charge in [-0.2, -0.15) is 0 Å². The van der Waals surface area contributed by atoms with Crippen molar-refractivity contribution in [2.24, 2.45) is 5.73 Å². The highest BCUT2D eigenvalue weighted by atomic mass is 16.1. The zero-order valence-corrected chi connectivity index (χ0v) is 11.5. The second kappa shape index (κ2) is 5.76. The molecular weight excluding hydrogens is 264 g/mol. The summed E-state index contributed by atoms with van der Waals surface area (Å²) >= 11 is 0. The Hall–Kier alpha value is -2.66. The largest absolute Gasteiger partial charge is 0.348 e. The van der Waals surface area contributed by atoms with Crippen LogP contribution in [-0.2, 0) is 13.1 Å². The van der Waals surface area contributed by atoms with E-state index < -0.39 is 0 Å². The summed E-state index contributed by atoms with van der Waals surface area (Å²) in [5, 5.41) is 2.91. The molecule has 106 valence electrons. The number of nitrogens with two attached hydrogens (primary N) is 1. The molecule has 0 saturated carbocycles. The van der Waals surface area contributed by atoms with Crippen molar-refractivity contribution in [3.05, 3.63) is 65.5 Å². The molecule has 3 rings (SSSR count). The number of aromatic nitrogens is 2. The third-order valence-corrected chi connectivity index (χ3v) is 3.39. The van der Waals surface area contributed by atoms with Crippen LogP contribution in [0.25, 0.3) is 11.0 Å². The van der Waals surface area contributed by atoms with E-state index in [1.165, 1.54) is 0 Å². The molecule has 0 atom stereocenters. The Morgan fingerprint density at radius 2 is 1.90 bits per heavy atom. The average molecular weight is 280 g/mol. The summed E-state index contributed by atoms with van der Waals surface area (Å²) in [6.45, 7) is 1.02. The average Bonchev–Trinajstić information content (AvgIpc) is 3.00. The first-order valence-corrected chi connectivity index (χ1v) is 6.75. The van der Waals surface area contributed by atoms with E-state index in [2.05, 4.69) is 15.3 Å². The van der Waals surface area contributed by atoms with Gasteiger partial charge in [-0.25, -0.2) is 4.98 Å². The lowest BCUT2D eigenvalue weighted by Crippen LogP contribution is -2.22. The molecule has 0 radical (unpaired) electrons. The zero-order chi connectivity index (χ0) is 14.7. The van der Waals surface area contributed by atoms with Crippen LogP contribution in [0.3, 0.4) is 0 Å². The Balaban J connectivity index is 1.67. The van der Waals surface area contributed by atoms with Gasteiger partial charge in [-0.05, 0) is 29.3 Å². The van der Waals surface area contributed by atoms with Gasteiger partial charge in [0.1, 0.15) is 0 Å². The molecule has 21 heavy (non-hydrogen) atoms. The van der Waals surface area contributed by atoms with Crippen molar-refractivity contribution in [1.29, 1.82) is 0 Å². The fraction of sp³-hybridized carbons (Fsp3) is 0.125. The number of hydrogen-bond acceptors (Lipinski definition) is 3. The van der Waals surface area contributed by atoms with Crippen molar-refractivity contribution in [2.75, 3.05) is 0 Å². The first kappa shape index (κ1) is 13.3. The molecule has 1 heterocycles. The maximum Gasteiger partial charge on any atom is 0.251 e. The number of carbonyl (C=O) groups is 1. The third kappa shape index (κ3) is 2.93. The predicted octanol–water partition coefficient (Wildman–Crippen LogP) is 1.95. The summed E-state index contributed by atoms with van der Waals surface area (Å²) in [6.07, 6.45) is 1.62. The number of benzene rings is 2. The van der Waals surface area contributed by atoms with E-state index in [1.54, 1.807) is 18.5 Å². The molecule has 0 unspecified atom stereocenters. The Morgan fingerprint density at radius 1 is 1.14 bits per heavy atom. The van der Waals surface area contributed by atoms with E-state index >= 15 is 0 Å². The molecule has 0 bridgehead atoms. The van der Waals surface area contributed by atoms with Crippen LogP contribution < -0.4 is 11.1 Å². The van der Waals surface area contributed by atoms with E-state index in [0.29, 0.717) is 18.7 Å². The van der Waals surface area contributed by atoms with Crippen molar-refractivity contribution in [2.45, 2.75) is 13.1 Å². The number of fused-ring (bicyclic) bond motifs is 1. The lowest BCUT2D eigenvalue weighted by molar-refractivity contribution is 0.0951. The minimum Gasteiger partial charge on any atom is -0.348 e. The molecule has 2 aromatic carbocycles. The maximum atomic E-state index is 12.1. The monoisotopic (exact) mass is 280 g/mol. The van der Waals surface area contributed by atoms with Gasteiger partial charge in [0, 0.05) is 18.7 Å². The number of amides is 1. The summed E-state index contributed by atoms with van der Waals surface area (Å²) in [4.78, 5) is 19.3. The van der Waals surface area contributed by atoms with E-state index in [0.717, 1.165) is 22.2 Å². The van der Waals surface area contributed by atoms with Crippen LogP contribution in [-0.4, -0.2) is 15.9 Å². The van der Waals surface area contributed by atoms with Gasteiger partial charge in [0.25, 0.3) is 5.91 Å². The minimum atomic E-state index is -0.102. The maximum absolute atomic E-state index is 12.1. The highest BCUT2D eigenvalue weighted by molar-refractivity contribution is 5.97. The molecule has 4 N–H and O–H groups in total. The number of imidazole rings is 1. The molecule has 1 aromatic heterocycles. The SMILES string of the molecule is NCc1ccc(CNC(=O)c2ccc3nc[nH]c3c2)cc1. The van der Waals surface area contributed by atoms with Crippen LogP contribution in [0.1, 0.15) is 21.5 Å². The molecule has 3 aromatic rings. The van der Waals surface area contributed by atoms with Crippen LogP contribution in [0.4, 0.5) is 0 Å². The van der Waals surface area contributed by atoms with Gasteiger partial charge in [-0.3, -0.25) is 4.79 Å². The molecule has 0 fully saturated rings. The van der Waals surface area contributed by atoms with Crippen LogP contribution in [0.2, 0.25) is 0 Å². The lowest BCUT2D eigenvalue weighted by atomic mass is 10.1. The highest BCUT2D eigenvalue weighted by Gasteiger charge is 2.07. The van der Waals surface area contributed by atoms with E-state index in [-0.39, 0.29) is 5.91 Å². The lowest BCUT2D eigenvalue weighted by Gasteiger charge is -2.06. The number of carbonyl (C=O) groups excluding carboxylic acids is 1. The number of H-pyrrole nitrogens is 1. The standard InChI is InChI=1S/C16H16N4O/c17-8-11-1-3-12(4-2-11)9-18-16(21)13-5-6-14-15(7-13)20-10-19-14/h1-7,10H,8-9,17H2,(H,18,21)(H,19,20). The quantitative estimate of drug-likeness (QED) is 0.683. The van der Waals surface area contributed by atoms with Gasteiger partial charge in [0.2, 0.25) is 0 Å². The fourth-order valence-electron chi connectivity index (χ4n) is 2.15. The minimum absolute atomic E-state index is 0.102. The van der Waals surface area contributed by atoms with Gasteiger partial charge < -0.3 is 16.0 Å². The summed E-state index contributed by atoms with van der Waals surface area (Å²) < 4.78 is 0. The fourth-order valence-corrected chi connectivity index (χ4v) is 2.15. The zero-order valence-electron chi connectivity index (χ0n) is 11.5. The van der Waals surface area contributed by atoms with Gasteiger partial charge in [-0.1, -0.05) is 24.3 Å². The second-order valence-electron chi connectivity index (χ2n) is 4.84. The summed E-state index contributed by atoms with van der Waals surface area (Å²) in [6, 6.07) is 13.3. The molecule has 1 amide bonds. The number of nitrogens with one attached hydrogen (secondary N) is 2.